The van der Waals surface area contributed by atoms with Crippen LogP contribution in [0.15, 0.2) is 291 Å². The van der Waals surface area contributed by atoms with E-state index in [-0.39, 0.29) is 10.8 Å². The van der Waals surface area contributed by atoms with Gasteiger partial charge in [-0.1, -0.05) is 295 Å². The molecular weight excluding hydrogens is 1110 g/mol. The third-order valence-corrected chi connectivity index (χ3v) is 20.6. The van der Waals surface area contributed by atoms with Crippen molar-refractivity contribution in [3.63, 3.8) is 0 Å². The van der Waals surface area contributed by atoms with Crippen LogP contribution in [0.2, 0.25) is 0 Å². The highest BCUT2D eigenvalue weighted by molar-refractivity contribution is 6.26. The third kappa shape index (κ3) is 8.33. The topological polar surface area (TPSA) is 6.48 Å². The molecule has 0 heterocycles. The van der Waals surface area contributed by atoms with Gasteiger partial charge in [0.25, 0.3) is 0 Å². The zero-order valence-corrected chi connectivity index (χ0v) is 51.9. The summed E-state index contributed by atoms with van der Waals surface area (Å²) in [6, 6.07) is 109. The van der Waals surface area contributed by atoms with Gasteiger partial charge in [0.05, 0.1) is 22.7 Å². The molecule has 2 heteroatoms. The van der Waals surface area contributed by atoms with Crippen molar-refractivity contribution in [1.29, 1.82) is 0 Å². The molecule has 0 unspecified atom stereocenters. The molecule has 0 aliphatic heterocycles. The number of nitrogens with zero attached hydrogens (tertiary/aromatic N) is 2. The van der Waals surface area contributed by atoms with Gasteiger partial charge in [-0.2, -0.15) is 0 Å². The van der Waals surface area contributed by atoms with Crippen LogP contribution in [0.5, 0.6) is 0 Å². The fourth-order valence-corrected chi connectivity index (χ4v) is 15.9. The van der Waals surface area contributed by atoms with E-state index in [0.29, 0.717) is 0 Å². The highest BCUT2D eigenvalue weighted by atomic mass is 15.2. The average molecular weight is 1170 g/mol. The highest BCUT2D eigenvalue weighted by Gasteiger charge is 2.38. The van der Waals surface area contributed by atoms with Gasteiger partial charge in [-0.15, -0.1) is 0 Å². The molecule has 0 saturated carbocycles. The summed E-state index contributed by atoms with van der Waals surface area (Å²) in [5.74, 6) is 0. The first-order chi connectivity index (χ1) is 45.1. The molecule has 0 N–H and O–H groups in total. The fourth-order valence-electron chi connectivity index (χ4n) is 15.9. The first-order valence-electron chi connectivity index (χ1n) is 32.3. The van der Waals surface area contributed by atoms with Crippen molar-refractivity contribution in [3.05, 3.63) is 336 Å². The summed E-state index contributed by atoms with van der Waals surface area (Å²) in [4.78, 5) is 4.95. The lowest BCUT2D eigenvalue weighted by Crippen LogP contribution is -2.17. The Morgan fingerprint density at radius 3 is 0.902 bits per heavy atom. The smallest absolute Gasteiger partial charge is 0.0540 e. The summed E-state index contributed by atoms with van der Waals surface area (Å²) < 4.78 is 0. The SMILES string of the molecule is CC1(C)c2cc(C=Cc3ccc4ccc5c(C=Cc6ccc7c(c6)C(C)(C)c6cc(N(c8cccc9ccccc89)c8cccc9ccccc89)ccc6-7)ccc6ccc3c4c65)ccc2-c2ccc(N(c3cccc4ccccc34)c3cccc4ccccc34)cc21. The first kappa shape index (κ1) is 53.7. The standard InChI is InChI=1S/C90H64N2/c1-89(2)79-53-57(35-47-75(79)77-51-45-67(55-81(77)89)91(83-29-13-21-59-17-5-9-25-69(59)83)84-30-14-22-60-18-6-10-26-70(60)84)33-37-63-39-41-65-44-50-74-64(40-42-66-43-49-73(63)87(65)88(66)74)38-34-58-36-48-76-78-52-46-68(56-82(78)90(3,4)80(76)54-58)92(85-31-15-23-61-19-7-11-27-71(61)85)86-32-16-24-62-20-8-12-28-72(62)86/h5-56H,1-4H3. The molecule has 0 saturated heterocycles. The van der Waals surface area contributed by atoms with Gasteiger partial charge in [-0.25, -0.2) is 0 Å². The van der Waals surface area contributed by atoms with Gasteiger partial charge in [0.2, 0.25) is 0 Å². The molecule has 16 aromatic carbocycles. The summed E-state index contributed by atoms with van der Waals surface area (Å²) in [6.07, 6.45) is 9.29. The zero-order valence-electron chi connectivity index (χ0n) is 51.9. The van der Waals surface area contributed by atoms with Gasteiger partial charge in [-0.3, -0.25) is 0 Å². The van der Waals surface area contributed by atoms with Crippen molar-refractivity contribution in [1.82, 2.24) is 0 Å². The Morgan fingerprint density at radius 1 is 0.239 bits per heavy atom. The van der Waals surface area contributed by atoms with Gasteiger partial charge in [-0.05, 0) is 169 Å². The average Bonchev–Trinajstić information content (AvgIpc) is 1.48. The molecule has 0 radical (unpaired) electrons. The van der Waals surface area contributed by atoms with Crippen LogP contribution in [0, 0.1) is 0 Å². The minimum Gasteiger partial charge on any atom is -0.309 e. The minimum atomic E-state index is -0.234. The number of hydrogen-bond acceptors (Lipinski definition) is 2. The predicted octanol–water partition coefficient (Wildman–Crippen LogP) is 25.1. The van der Waals surface area contributed by atoms with Crippen molar-refractivity contribution in [2.24, 2.45) is 0 Å². The molecule has 434 valence electrons. The quantitative estimate of drug-likeness (QED) is 0.0995. The first-order valence-corrected chi connectivity index (χ1v) is 32.3. The molecule has 0 spiro atoms. The summed E-state index contributed by atoms with van der Waals surface area (Å²) in [7, 11) is 0. The van der Waals surface area contributed by atoms with Crippen molar-refractivity contribution in [2.75, 3.05) is 9.80 Å². The van der Waals surface area contributed by atoms with E-state index in [1.807, 2.05) is 0 Å². The summed E-state index contributed by atoms with van der Waals surface area (Å²) in [5, 5.41) is 17.5. The van der Waals surface area contributed by atoms with E-state index in [0.717, 1.165) is 11.4 Å². The van der Waals surface area contributed by atoms with E-state index in [9.17, 15) is 0 Å². The lowest BCUT2D eigenvalue weighted by Gasteiger charge is -2.30. The monoisotopic (exact) mass is 1170 g/mol. The molecule has 18 rings (SSSR count). The van der Waals surface area contributed by atoms with Crippen LogP contribution in [0.25, 0.3) is 122 Å². The van der Waals surface area contributed by atoms with E-state index in [4.69, 9.17) is 0 Å². The third-order valence-electron chi connectivity index (χ3n) is 20.6. The molecule has 0 atom stereocenters. The number of anilines is 6. The van der Waals surface area contributed by atoms with E-state index in [1.54, 1.807) is 0 Å². The minimum absolute atomic E-state index is 0.234. The summed E-state index contributed by atoms with van der Waals surface area (Å²) >= 11 is 0. The summed E-state index contributed by atoms with van der Waals surface area (Å²) in [6.45, 7) is 9.59. The molecule has 2 nitrogen and oxygen atoms in total. The van der Waals surface area contributed by atoms with Crippen molar-refractivity contribution in [3.8, 4) is 22.3 Å². The Morgan fingerprint density at radius 2 is 0.543 bits per heavy atom. The lowest BCUT2D eigenvalue weighted by molar-refractivity contribution is 0.660. The second-order valence-electron chi connectivity index (χ2n) is 26.4. The summed E-state index contributed by atoms with van der Waals surface area (Å²) in [5.41, 5.74) is 21.9. The van der Waals surface area contributed by atoms with Crippen LogP contribution in [-0.4, -0.2) is 0 Å². The Kier molecular flexibility index (Phi) is 12.0. The van der Waals surface area contributed by atoms with Crippen molar-refractivity contribution < 1.29 is 0 Å². The molecule has 92 heavy (non-hydrogen) atoms. The van der Waals surface area contributed by atoms with E-state index >= 15 is 0 Å². The van der Waals surface area contributed by atoms with Crippen LogP contribution >= 0.6 is 0 Å². The molecule has 0 bridgehead atoms. The number of hydrogen-bond donors (Lipinski definition) is 0. The van der Waals surface area contributed by atoms with Gasteiger partial charge in [0.15, 0.2) is 0 Å². The van der Waals surface area contributed by atoms with Crippen LogP contribution in [0.3, 0.4) is 0 Å². The Labute approximate surface area is 536 Å². The van der Waals surface area contributed by atoms with E-state index < -0.39 is 0 Å². The maximum atomic E-state index is 2.48. The second kappa shape index (κ2) is 20.6. The molecule has 2 aliphatic carbocycles. The van der Waals surface area contributed by atoms with Gasteiger partial charge >= 0.3 is 0 Å². The highest BCUT2D eigenvalue weighted by Crippen LogP contribution is 2.54. The van der Waals surface area contributed by atoms with Gasteiger partial charge in [0, 0.05) is 43.7 Å². The molecule has 0 amide bonds. The number of benzene rings is 16. The lowest BCUT2D eigenvalue weighted by atomic mass is 9.81. The van der Waals surface area contributed by atoms with Crippen LogP contribution < -0.4 is 9.80 Å². The van der Waals surface area contributed by atoms with E-state index in [1.165, 1.54) is 165 Å². The van der Waals surface area contributed by atoms with Gasteiger partial charge < -0.3 is 9.80 Å². The largest absolute Gasteiger partial charge is 0.309 e. The molecule has 16 aromatic rings. The molecule has 0 aromatic heterocycles. The fraction of sp³-hybridized carbons (Fsp3) is 0.0667. The Bertz CT molecular complexity index is 5260. The number of fused-ring (bicyclic) bond motifs is 10. The van der Waals surface area contributed by atoms with Crippen molar-refractivity contribution in [2.45, 2.75) is 38.5 Å². The number of rotatable bonds is 10. The van der Waals surface area contributed by atoms with Crippen LogP contribution in [0.4, 0.5) is 34.1 Å². The normalized spacial score (nSPS) is 13.7. The van der Waals surface area contributed by atoms with Crippen LogP contribution in [-0.2, 0) is 10.8 Å². The molecule has 0 fully saturated rings. The maximum Gasteiger partial charge on any atom is 0.0540 e. The predicted molar refractivity (Wildman–Crippen MR) is 395 cm³/mol. The van der Waals surface area contributed by atoms with Gasteiger partial charge in [0.1, 0.15) is 0 Å². The zero-order chi connectivity index (χ0) is 61.4. The maximum absolute atomic E-state index is 2.48. The Hall–Kier alpha value is -11.3. The molecular formula is C90H64N2. The van der Waals surface area contributed by atoms with E-state index in [2.05, 4.69) is 353 Å². The van der Waals surface area contributed by atoms with Crippen molar-refractivity contribution >= 4 is 134 Å². The second-order valence-corrected chi connectivity index (χ2v) is 26.4. The van der Waals surface area contributed by atoms with Crippen LogP contribution in [0.1, 0.15) is 72.2 Å². The Balaban J connectivity index is 0.650. The molecule has 2 aliphatic rings.